The Kier molecular flexibility index (Phi) is 5.12. The molecule has 0 aliphatic rings. The first-order valence-electron chi connectivity index (χ1n) is 6.85. The van der Waals surface area contributed by atoms with E-state index in [0.717, 1.165) is 6.54 Å². The number of halogens is 1. The summed E-state index contributed by atoms with van der Waals surface area (Å²) in [6.07, 6.45) is 0. The van der Waals surface area contributed by atoms with Crippen molar-refractivity contribution in [3.8, 4) is 0 Å². The average Bonchev–Trinajstić information content (AvgIpc) is 2.43. The minimum absolute atomic E-state index is 0.214. The summed E-state index contributed by atoms with van der Waals surface area (Å²) in [4.78, 5) is 2.06. The zero-order valence-electron chi connectivity index (χ0n) is 12.3. The standard InChI is InChI=1S/C16H19BFNO2/c1-12-5-3-4-6-13(12)10-19(2)11-14-7-8-15(18)9-16(14)17(20)21/h3-9,20-21H,10-11H2,1-2H3. The van der Waals surface area contributed by atoms with Crippen LogP contribution < -0.4 is 5.46 Å². The van der Waals surface area contributed by atoms with Crippen LogP contribution >= 0.6 is 0 Å². The molecule has 2 rings (SSSR count). The third-order valence-corrected chi connectivity index (χ3v) is 3.53. The SMILES string of the molecule is Cc1ccccc1CN(C)Cc1ccc(F)cc1B(O)O. The monoisotopic (exact) mass is 287 g/mol. The first kappa shape index (κ1) is 15.7. The number of benzene rings is 2. The molecule has 0 spiro atoms. The molecule has 5 heteroatoms. The number of rotatable bonds is 5. The Labute approximate surface area is 124 Å². The molecule has 2 aromatic rings. The van der Waals surface area contributed by atoms with Gasteiger partial charge in [0.1, 0.15) is 5.82 Å². The van der Waals surface area contributed by atoms with Gasteiger partial charge in [-0.05, 0) is 48.3 Å². The number of aryl methyl sites for hydroxylation is 1. The third-order valence-electron chi connectivity index (χ3n) is 3.53. The third kappa shape index (κ3) is 4.14. The second-order valence-electron chi connectivity index (χ2n) is 5.32. The quantitative estimate of drug-likeness (QED) is 0.818. The van der Waals surface area contributed by atoms with Gasteiger partial charge in [0.15, 0.2) is 0 Å². The van der Waals surface area contributed by atoms with E-state index < -0.39 is 12.9 Å². The molecule has 0 unspecified atom stereocenters. The second-order valence-corrected chi connectivity index (χ2v) is 5.32. The fourth-order valence-corrected chi connectivity index (χ4v) is 2.38. The van der Waals surface area contributed by atoms with E-state index in [9.17, 15) is 14.4 Å². The molecule has 0 aliphatic carbocycles. The molecule has 0 bridgehead atoms. The predicted molar refractivity (Wildman–Crippen MR) is 82.6 cm³/mol. The summed E-state index contributed by atoms with van der Waals surface area (Å²) in [5, 5.41) is 18.7. The van der Waals surface area contributed by atoms with Crippen molar-refractivity contribution in [3.63, 3.8) is 0 Å². The summed E-state index contributed by atoms with van der Waals surface area (Å²) < 4.78 is 13.2. The van der Waals surface area contributed by atoms with Crippen molar-refractivity contribution in [1.29, 1.82) is 0 Å². The molecule has 0 atom stereocenters. The molecule has 0 saturated carbocycles. The van der Waals surface area contributed by atoms with Gasteiger partial charge in [-0.15, -0.1) is 0 Å². The van der Waals surface area contributed by atoms with Gasteiger partial charge in [0, 0.05) is 13.1 Å². The van der Waals surface area contributed by atoms with Gasteiger partial charge in [0.05, 0.1) is 0 Å². The van der Waals surface area contributed by atoms with E-state index >= 15 is 0 Å². The number of hydrogen-bond donors (Lipinski definition) is 2. The second kappa shape index (κ2) is 6.85. The summed E-state index contributed by atoms with van der Waals surface area (Å²) in [5.74, 6) is -0.469. The Balaban J connectivity index is 2.13. The number of hydrogen-bond acceptors (Lipinski definition) is 3. The molecule has 0 aromatic heterocycles. The van der Waals surface area contributed by atoms with Crippen molar-refractivity contribution in [3.05, 3.63) is 65.0 Å². The zero-order chi connectivity index (χ0) is 15.4. The van der Waals surface area contributed by atoms with Crippen LogP contribution in [0.3, 0.4) is 0 Å². The van der Waals surface area contributed by atoms with E-state index in [1.165, 1.54) is 23.3 Å². The molecule has 0 heterocycles. The van der Waals surface area contributed by atoms with Crippen molar-refractivity contribution < 1.29 is 14.4 Å². The van der Waals surface area contributed by atoms with Crippen LogP contribution in [0.5, 0.6) is 0 Å². The van der Waals surface area contributed by atoms with E-state index in [2.05, 4.69) is 24.0 Å². The van der Waals surface area contributed by atoms with Crippen LogP contribution in [0.2, 0.25) is 0 Å². The molecule has 0 saturated heterocycles. The summed E-state index contributed by atoms with van der Waals surface area (Å²) in [6, 6.07) is 12.2. The van der Waals surface area contributed by atoms with Gasteiger partial charge in [-0.1, -0.05) is 30.3 Å². The van der Waals surface area contributed by atoms with E-state index in [1.807, 2.05) is 19.2 Å². The van der Waals surface area contributed by atoms with Crippen molar-refractivity contribution in [1.82, 2.24) is 4.90 Å². The van der Waals surface area contributed by atoms with Crippen LogP contribution in [0.4, 0.5) is 4.39 Å². The van der Waals surface area contributed by atoms with E-state index in [0.29, 0.717) is 12.1 Å². The molecular formula is C16H19BFNO2. The lowest BCUT2D eigenvalue weighted by Crippen LogP contribution is -2.35. The fraction of sp³-hybridized carbons (Fsp3) is 0.250. The first-order valence-corrected chi connectivity index (χ1v) is 6.85. The normalized spacial score (nSPS) is 11.0. The molecule has 0 amide bonds. The summed E-state index contributed by atoms with van der Waals surface area (Å²) >= 11 is 0. The lowest BCUT2D eigenvalue weighted by Gasteiger charge is -2.20. The van der Waals surface area contributed by atoms with Gasteiger partial charge < -0.3 is 10.0 Å². The molecule has 21 heavy (non-hydrogen) atoms. The van der Waals surface area contributed by atoms with Crippen molar-refractivity contribution >= 4 is 12.6 Å². The van der Waals surface area contributed by atoms with E-state index in [1.54, 1.807) is 6.07 Å². The Morgan fingerprint density at radius 1 is 1.05 bits per heavy atom. The van der Waals surface area contributed by atoms with Gasteiger partial charge in [-0.25, -0.2) is 4.39 Å². The average molecular weight is 287 g/mol. The van der Waals surface area contributed by atoms with Gasteiger partial charge in [-0.3, -0.25) is 4.90 Å². The molecule has 110 valence electrons. The first-order chi connectivity index (χ1) is 9.97. The van der Waals surface area contributed by atoms with Gasteiger partial charge in [0.2, 0.25) is 0 Å². The highest BCUT2D eigenvalue weighted by Crippen LogP contribution is 2.12. The Bertz CT molecular complexity index is 619. The van der Waals surface area contributed by atoms with E-state index in [-0.39, 0.29) is 5.46 Å². The van der Waals surface area contributed by atoms with Crippen LogP contribution in [-0.4, -0.2) is 29.1 Å². The van der Waals surface area contributed by atoms with Gasteiger partial charge in [0.25, 0.3) is 0 Å². The minimum atomic E-state index is -1.66. The van der Waals surface area contributed by atoms with Gasteiger partial charge in [-0.2, -0.15) is 0 Å². The highest BCUT2D eigenvalue weighted by molar-refractivity contribution is 6.59. The van der Waals surface area contributed by atoms with Crippen LogP contribution in [0, 0.1) is 12.7 Å². The van der Waals surface area contributed by atoms with Crippen LogP contribution in [0.25, 0.3) is 0 Å². The highest BCUT2D eigenvalue weighted by Gasteiger charge is 2.17. The molecule has 0 radical (unpaired) electrons. The molecule has 2 aromatic carbocycles. The van der Waals surface area contributed by atoms with Crippen molar-refractivity contribution in [2.75, 3.05) is 7.05 Å². The summed E-state index contributed by atoms with van der Waals surface area (Å²) in [5.41, 5.74) is 3.35. The maximum absolute atomic E-state index is 13.2. The van der Waals surface area contributed by atoms with Gasteiger partial charge >= 0.3 is 7.12 Å². The van der Waals surface area contributed by atoms with Crippen LogP contribution in [-0.2, 0) is 13.1 Å². The molecule has 3 nitrogen and oxygen atoms in total. The zero-order valence-corrected chi connectivity index (χ0v) is 12.3. The Hall–Kier alpha value is -1.69. The topological polar surface area (TPSA) is 43.7 Å². The van der Waals surface area contributed by atoms with Crippen LogP contribution in [0.1, 0.15) is 16.7 Å². The fourth-order valence-electron chi connectivity index (χ4n) is 2.38. The number of nitrogens with zero attached hydrogens (tertiary/aromatic N) is 1. The maximum atomic E-state index is 13.2. The largest absolute Gasteiger partial charge is 0.488 e. The lowest BCUT2D eigenvalue weighted by atomic mass is 9.77. The van der Waals surface area contributed by atoms with Crippen molar-refractivity contribution in [2.45, 2.75) is 20.0 Å². The summed E-state index contributed by atoms with van der Waals surface area (Å²) in [7, 11) is 0.283. The molecule has 0 aliphatic heterocycles. The minimum Gasteiger partial charge on any atom is -0.423 e. The molecule has 2 N–H and O–H groups in total. The predicted octanol–water partition coefficient (Wildman–Crippen LogP) is 1.45. The Morgan fingerprint density at radius 3 is 2.38 bits per heavy atom. The molecule has 0 fully saturated rings. The maximum Gasteiger partial charge on any atom is 0.488 e. The van der Waals surface area contributed by atoms with Crippen molar-refractivity contribution in [2.24, 2.45) is 0 Å². The lowest BCUT2D eigenvalue weighted by molar-refractivity contribution is 0.318. The van der Waals surface area contributed by atoms with Crippen LogP contribution in [0.15, 0.2) is 42.5 Å². The smallest absolute Gasteiger partial charge is 0.423 e. The molecular weight excluding hydrogens is 268 g/mol. The highest BCUT2D eigenvalue weighted by atomic mass is 19.1. The summed E-state index contributed by atoms with van der Waals surface area (Å²) in [6.45, 7) is 3.32. The van der Waals surface area contributed by atoms with E-state index in [4.69, 9.17) is 0 Å². The Morgan fingerprint density at radius 2 is 1.71 bits per heavy atom.